The molecule has 0 aromatic carbocycles. The lowest BCUT2D eigenvalue weighted by Crippen LogP contribution is -2.38. The van der Waals surface area contributed by atoms with Gasteiger partial charge in [0.25, 0.3) is 0 Å². The van der Waals surface area contributed by atoms with Crippen LogP contribution in [0.2, 0.25) is 0 Å². The van der Waals surface area contributed by atoms with Crippen LogP contribution in [-0.2, 0) is 4.79 Å². The Morgan fingerprint density at radius 1 is 1.44 bits per heavy atom. The van der Waals surface area contributed by atoms with Gasteiger partial charge in [-0.05, 0) is 39.3 Å². The molecule has 1 atom stereocenters. The first-order chi connectivity index (χ1) is 8.49. The van der Waals surface area contributed by atoms with Gasteiger partial charge in [-0.1, -0.05) is 0 Å². The maximum absolute atomic E-state index is 12.1. The molecule has 1 fully saturated rings. The van der Waals surface area contributed by atoms with Crippen LogP contribution in [0.4, 0.5) is 0 Å². The molecule has 4 nitrogen and oxygen atoms in total. The number of amides is 1. The Morgan fingerprint density at radius 3 is 2.56 bits per heavy atom. The molecule has 2 rings (SSSR count). The minimum atomic E-state index is -0.0291. The second-order valence-corrected chi connectivity index (χ2v) is 4.90. The molecule has 1 amide bonds. The molecule has 1 aromatic rings. The molecule has 1 saturated heterocycles. The lowest BCUT2D eigenvalue weighted by Gasteiger charge is -2.22. The SMILES string of the molecule is CC(C(=O)NC(C)c1cc(C)oc1C)=C1CNC1. The zero-order valence-electron chi connectivity index (χ0n) is 11.4. The number of carbonyl (C=O) groups excluding carboxylic acids is 1. The number of hydrogen-bond donors (Lipinski definition) is 2. The summed E-state index contributed by atoms with van der Waals surface area (Å²) in [5.74, 6) is 1.76. The van der Waals surface area contributed by atoms with Gasteiger partial charge in [-0.25, -0.2) is 0 Å². The summed E-state index contributed by atoms with van der Waals surface area (Å²) in [4.78, 5) is 12.1. The van der Waals surface area contributed by atoms with Crippen LogP contribution in [-0.4, -0.2) is 19.0 Å². The molecule has 0 spiro atoms. The van der Waals surface area contributed by atoms with Crippen molar-refractivity contribution < 1.29 is 9.21 Å². The van der Waals surface area contributed by atoms with E-state index in [0.717, 1.165) is 35.7 Å². The quantitative estimate of drug-likeness (QED) is 0.804. The number of aryl methyl sites for hydroxylation is 2. The maximum atomic E-state index is 12.1. The number of nitrogens with one attached hydrogen (secondary N) is 2. The van der Waals surface area contributed by atoms with Crippen LogP contribution in [0.15, 0.2) is 21.6 Å². The van der Waals surface area contributed by atoms with E-state index in [1.807, 2.05) is 33.8 Å². The first-order valence-corrected chi connectivity index (χ1v) is 6.26. The summed E-state index contributed by atoms with van der Waals surface area (Å²) in [5, 5.41) is 6.16. The molecule has 98 valence electrons. The van der Waals surface area contributed by atoms with Gasteiger partial charge in [-0.3, -0.25) is 4.79 Å². The normalized spacial score (nSPS) is 16.1. The topological polar surface area (TPSA) is 54.3 Å². The van der Waals surface area contributed by atoms with Crippen LogP contribution in [0.25, 0.3) is 0 Å². The fourth-order valence-corrected chi connectivity index (χ4v) is 2.14. The van der Waals surface area contributed by atoms with Crippen molar-refractivity contribution in [1.29, 1.82) is 0 Å². The van der Waals surface area contributed by atoms with Gasteiger partial charge in [0.1, 0.15) is 11.5 Å². The first kappa shape index (κ1) is 12.9. The Balaban J connectivity index is 2.05. The van der Waals surface area contributed by atoms with Gasteiger partial charge >= 0.3 is 0 Å². The number of rotatable bonds is 3. The van der Waals surface area contributed by atoms with E-state index in [4.69, 9.17) is 4.42 Å². The lowest BCUT2D eigenvalue weighted by molar-refractivity contribution is -0.118. The summed E-state index contributed by atoms with van der Waals surface area (Å²) in [6.07, 6.45) is 0. The van der Waals surface area contributed by atoms with Crippen molar-refractivity contribution in [3.05, 3.63) is 34.3 Å². The van der Waals surface area contributed by atoms with Crippen molar-refractivity contribution in [2.45, 2.75) is 33.7 Å². The Hall–Kier alpha value is -1.55. The third kappa shape index (κ3) is 2.48. The third-order valence-corrected chi connectivity index (χ3v) is 3.44. The van der Waals surface area contributed by atoms with E-state index in [1.165, 1.54) is 5.57 Å². The van der Waals surface area contributed by atoms with E-state index in [1.54, 1.807) is 0 Å². The predicted molar refractivity (Wildman–Crippen MR) is 70.3 cm³/mol. The fraction of sp³-hybridized carbons (Fsp3) is 0.500. The van der Waals surface area contributed by atoms with E-state index in [2.05, 4.69) is 10.6 Å². The van der Waals surface area contributed by atoms with E-state index in [9.17, 15) is 4.79 Å². The molecule has 1 aromatic heterocycles. The highest BCUT2D eigenvalue weighted by Crippen LogP contribution is 2.21. The molecule has 18 heavy (non-hydrogen) atoms. The second-order valence-electron chi connectivity index (χ2n) is 4.90. The maximum Gasteiger partial charge on any atom is 0.247 e. The zero-order chi connectivity index (χ0) is 13.3. The molecule has 1 unspecified atom stereocenters. The van der Waals surface area contributed by atoms with Crippen molar-refractivity contribution in [1.82, 2.24) is 10.6 Å². The molecule has 0 radical (unpaired) electrons. The first-order valence-electron chi connectivity index (χ1n) is 6.26. The largest absolute Gasteiger partial charge is 0.466 e. The van der Waals surface area contributed by atoms with Gasteiger partial charge in [0.2, 0.25) is 5.91 Å². The molecule has 4 heteroatoms. The molecule has 0 bridgehead atoms. The van der Waals surface area contributed by atoms with Crippen LogP contribution in [0.3, 0.4) is 0 Å². The van der Waals surface area contributed by atoms with E-state index < -0.39 is 0 Å². The van der Waals surface area contributed by atoms with E-state index in [-0.39, 0.29) is 11.9 Å². The van der Waals surface area contributed by atoms with E-state index >= 15 is 0 Å². The van der Waals surface area contributed by atoms with Gasteiger partial charge < -0.3 is 15.1 Å². The van der Waals surface area contributed by atoms with E-state index in [0.29, 0.717) is 0 Å². The number of furan rings is 1. The number of hydrogen-bond acceptors (Lipinski definition) is 3. The number of carbonyl (C=O) groups is 1. The molecule has 1 aliphatic rings. The highest BCUT2D eigenvalue weighted by Gasteiger charge is 2.19. The van der Waals surface area contributed by atoms with Gasteiger partial charge in [0, 0.05) is 24.2 Å². The summed E-state index contributed by atoms with van der Waals surface area (Å²) in [6, 6.07) is 1.95. The second kappa shape index (κ2) is 4.98. The van der Waals surface area contributed by atoms with Crippen LogP contribution < -0.4 is 10.6 Å². The van der Waals surface area contributed by atoms with Gasteiger partial charge in [-0.15, -0.1) is 0 Å². The minimum Gasteiger partial charge on any atom is -0.466 e. The average Bonchev–Trinajstić information content (AvgIpc) is 2.55. The van der Waals surface area contributed by atoms with Gasteiger partial charge in [0.15, 0.2) is 0 Å². The van der Waals surface area contributed by atoms with Gasteiger partial charge in [-0.2, -0.15) is 0 Å². The molecular weight excluding hydrogens is 228 g/mol. The summed E-state index contributed by atoms with van der Waals surface area (Å²) < 4.78 is 5.48. The monoisotopic (exact) mass is 248 g/mol. The molecule has 2 N–H and O–H groups in total. The lowest BCUT2D eigenvalue weighted by atomic mass is 10.0. The summed E-state index contributed by atoms with van der Waals surface area (Å²) >= 11 is 0. The van der Waals surface area contributed by atoms with Crippen LogP contribution in [0, 0.1) is 13.8 Å². The van der Waals surface area contributed by atoms with Crippen LogP contribution >= 0.6 is 0 Å². The molecule has 2 heterocycles. The minimum absolute atomic E-state index is 0.0113. The average molecular weight is 248 g/mol. The fourth-order valence-electron chi connectivity index (χ4n) is 2.14. The Bertz CT molecular complexity index is 494. The smallest absolute Gasteiger partial charge is 0.247 e. The van der Waals surface area contributed by atoms with Crippen molar-refractivity contribution in [2.24, 2.45) is 0 Å². The van der Waals surface area contributed by atoms with Gasteiger partial charge in [0.05, 0.1) is 6.04 Å². The summed E-state index contributed by atoms with van der Waals surface area (Å²) in [5.41, 5.74) is 3.07. The van der Waals surface area contributed by atoms with Crippen molar-refractivity contribution in [3.63, 3.8) is 0 Å². The van der Waals surface area contributed by atoms with Crippen LogP contribution in [0.5, 0.6) is 0 Å². The summed E-state index contributed by atoms with van der Waals surface area (Å²) in [6.45, 7) is 9.36. The Kier molecular flexibility index (Phi) is 3.57. The van der Waals surface area contributed by atoms with Crippen molar-refractivity contribution in [3.8, 4) is 0 Å². The Morgan fingerprint density at radius 2 is 2.11 bits per heavy atom. The highest BCUT2D eigenvalue weighted by molar-refractivity contribution is 5.94. The third-order valence-electron chi connectivity index (χ3n) is 3.44. The van der Waals surface area contributed by atoms with Crippen LogP contribution in [0.1, 0.15) is 37.0 Å². The van der Waals surface area contributed by atoms with Crippen molar-refractivity contribution in [2.75, 3.05) is 13.1 Å². The molecular formula is C14H20N2O2. The highest BCUT2D eigenvalue weighted by atomic mass is 16.3. The zero-order valence-corrected chi connectivity index (χ0v) is 11.4. The standard InChI is InChI=1S/C14H20N2O2/c1-8-5-13(11(4)18-8)10(3)16-14(17)9(2)12-6-15-7-12/h5,10,15H,6-7H2,1-4H3,(H,16,17). The Labute approximate surface area is 107 Å². The molecule has 0 saturated carbocycles. The van der Waals surface area contributed by atoms with Crippen molar-refractivity contribution >= 4 is 5.91 Å². The predicted octanol–water partition coefficient (Wildman–Crippen LogP) is 1.99. The molecule has 0 aliphatic carbocycles. The molecule has 1 aliphatic heterocycles. The summed E-state index contributed by atoms with van der Waals surface area (Å²) in [7, 11) is 0.